The molecule has 0 saturated heterocycles. The van der Waals surface area contributed by atoms with Crippen LogP contribution in [0.1, 0.15) is 0 Å². The molecule has 0 aliphatic carbocycles. The second-order valence-corrected chi connectivity index (χ2v) is 10.6. The first-order valence-electron chi connectivity index (χ1n) is 14.2. The number of aromatic nitrogens is 2. The molecule has 2 heterocycles. The highest BCUT2D eigenvalue weighted by molar-refractivity contribution is 6.25. The van der Waals surface area contributed by atoms with Crippen LogP contribution in [-0.4, -0.2) is 9.97 Å². The third-order valence-corrected chi connectivity index (χ3v) is 8.27. The molecular formula is C40H26N2. The molecule has 0 saturated carbocycles. The first-order chi connectivity index (χ1) is 20.9. The summed E-state index contributed by atoms with van der Waals surface area (Å²) in [5, 5.41) is 7.43. The molecule has 0 unspecified atom stereocenters. The van der Waals surface area contributed by atoms with Crippen LogP contribution in [-0.2, 0) is 0 Å². The molecule has 2 nitrogen and oxygen atoms in total. The smallest absolute Gasteiger partial charge is 0.0273 e. The molecule has 0 radical (unpaired) electrons. The largest absolute Gasteiger partial charge is 0.265 e. The molecule has 0 aliphatic heterocycles. The van der Waals surface area contributed by atoms with Gasteiger partial charge in [0.25, 0.3) is 0 Å². The summed E-state index contributed by atoms with van der Waals surface area (Å²) in [7, 11) is 0. The quantitative estimate of drug-likeness (QED) is 0.210. The number of pyridine rings is 2. The highest BCUT2D eigenvalue weighted by Gasteiger charge is 2.21. The Morgan fingerprint density at radius 2 is 0.667 bits per heavy atom. The average Bonchev–Trinajstić information content (AvgIpc) is 3.07. The van der Waals surface area contributed by atoms with Gasteiger partial charge in [-0.15, -0.1) is 0 Å². The van der Waals surface area contributed by atoms with Crippen molar-refractivity contribution in [2.75, 3.05) is 0 Å². The van der Waals surface area contributed by atoms with E-state index >= 15 is 0 Å². The number of nitrogens with zero attached hydrogens (tertiary/aromatic N) is 2. The van der Waals surface area contributed by atoms with Crippen molar-refractivity contribution in [1.29, 1.82) is 0 Å². The first-order valence-corrected chi connectivity index (χ1v) is 14.2. The predicted octanol–water partition coefficient (Wildman–Crippen LogP) is 10.6. The average molecular weight is 535 g/mol. The van der Waals surface area contributed by atoms with Crippen molar-refractivity contribution in [2.24, 2.45) is 0 Å². The molecule has 0 N–H and O–H groups in total. The molecule has 0 spiro atoms. The van der Waals surface area contributed by atoms with Gasteiger partial charge in [-0.25, -0.2) is 0 Å². The lowest BCUT2D eigenvalue weighted by Gasteiger charge is -2.21. The number of fused-ring (bicyclic) bond motifs is 3. The SMILES string of the molecule is c1ccc(-c2c3ccccc3c(-c3ccccc3-c3ccncc3)c3cc4ccccc4cc23)c(-c2ccncc2)c1. The Kier molecular flexibility index (Phi) is 5.82. The Morgan fingerprint density at radius 3 is 1.10 bits per heavy atom. The Balaban J connectivity index is 1.57. The van der Waals surface area contributed by atoms with Crippen molar-refractivity contribution in [2.45, 2.75) is 0 Å². The minimum atomic E-state index is 1.16. The molecule has 0 aliphatic rings. The third-order valence-electron chi connectivity index (χ3n) is 8.27. The van der Waals surface area contributed by atoms with E-state index in [1.807, 2.05) is 24.8 Å². The van der Waals surface area contributed by atoms with E-state index in [4.69, 9.17) is 0 Å². The number of rotatable bonds is 4. The molecule has 0 atom stereocenters. The van der Waals surface area contributed by atoms with E-state index in [1.54, 1.807) is 0 Å². The summed E-state index contributed by atoms with van der Waals surface area (Å²) in [5.41, 5.74) is 9.65. The number of hydrogen-bond donors (Lipinski definition) is 0. The van der Waals surface area contributed by atoms with Crippen molar-refractivity contribution < 1.29 is 0 Å². The Bertz CT molecular complexity index is 2070. The Labute approximate surface area is 244 Å². The van der Waals surface area contributed by atoms with Crippen LogP contribution in [0, 0.1) is 0 Å². The molecule has 0 bridgehead atoms. The van der Waals surface area contributed by atoms with Gasteiger partial charge in [0.15, 0.2) is 0 Å². The summed E-state index contributed by atoms with van der Waals surface area (Å²) in [5.74, 6) is 0. The number of hydrogen-bond acceptors (Lipinski definition) is 2. The highest BCUT2D eigenvalue weighted by atomic mass is 14.6. The van der Waals surface area contributed by atoms with Crippen LogP contribution < -0.4 is 0 Å². The maximum absolute atomic E-state index is 4.28. The van der Waals surface area contributed by atoms with Crippen LogP contribution >= 0.6 is 0 Å². The van der Waals surface area contributed by atoms with E-state index in [-0.39, 0.29) is 0 Å². The van der Waals surface area contributed by atoms with E-state index in [0.29, 0.717) is 0 Å². The summed E-state index contributed by atoms with van der Waals surface area (Å²) in [6.45, 7) is 0. The molecule has 0 amide bonds. The molecule has 8 aromatic rings. The summed E-state index contributed by atoms with van der Waals surface area (Å²) in [4.78, 5) is 8.56. The van der Waals surface area contributed by atoms with Gasteiger partial charge in [-0.1, -0.05) is 97.1 Å². The lowest BCUT2D eigenvalue weighted by atomic mass is 9.82. The third kappa shape index (κ3) is 3.96. The van der Waals surface area contributed by atoms with Gasteiger partial charge in [0.05, 0.1) is 0 Å². The zero-order chi connectivity index (χ0) is 27.9. The lowest BCUT2D eigenvalue weighted by molar-refractivity contribution is 1.33. The van der Waals surface area contributed by atoms with Gasteiger partial charge in [-0.3, -0.25) is 9.97 Å². The van der Waals surface area contributed by atoms with Crippen LogP contribution in [0.2, 0.25) is 0 Å². The van der Waals surface area contributed by atoms with Crippen LogP contribution in [0.4, 0.5) is 0 Å². The summed E-state index contributed by atoms with van der Waals surface area (Å²) < 4.78 is 0. The maximum Gasteiger partial charge on any atom is 0.0273 e. The van der Waals surface area contributed by atoms with Crippen molar-refractivity contribution in [3.05, 3.63) is 158 Å². The van der Waals surface area contributed by atoms with E-state index in [0.717, 1.165) is 11.1 Å². The molecular weight excluding hydrogens is 508 g/mol. The highest BCUT2D eigenvalue weighted by Crippen LogP contribution is 2.48. The van der Waals surface area contributed by atoms with E-state index < -0.39 is 0 Å². The Morgan fingerprint density at radius 1 is 0.310 bits per heavy atom. The normalized spacial score (nSPS) is 11.3. The minimum absolute atomic E-state index is 1.16. The molecule has 0 fully saturated rings. The minimum Gasteiger partial charge on any atom is -0.265 e. The fourth-order valence-corrected chi connectivity index (χ4v) is 6.41. The zero-order valence-corrected chi connectivity index (χ0v) is 22.9. The van der Waals surface area contributed by atoms with Crippen molar-refractivity contribution in [3.8, 4) is 44.5 Å². The van der Waals surface area contributed by atoms with Gasteiger partial charge in [0.1, 0.15) is 0 Å². The second kappa shape index (κ2) is 10.1. The van der Waals surface area contributed by atoms with Gasteiger partial charge >= 0.3 is 0 Å². The van der Waals surface area contributed by atoms with Gasteiger partial charge in [0, 0.05) is 24.8 Å². The standard InChI is InChI=1S/C40H26N2/c1-2-10-30-26-38-37(25-29(30)9-1)39(33-13-5-3-11-31(33)27-17-21-41-22-18-27)35-15-7-8-16-36(35)40(38)34-14-6-4-12-32(34)28-19-23-42-24-20-28/h1-26H. The van der Waals surface area contributed by atoms with Gasteiger partial charge in [-0.2, -0.15) is 0 Å². The molecule has 6 aromatic carbocycles. The fraction of sp³-hybridized carbons (Fsp3) is 0. The van der Waals surface area contributed by atoms with E-state index in [2.05, 4.69) is 143 Å². The first kappa shape index (κ1) is 24.2. The lowest BCUT2D eigenvalue weighted by Crippen LogP contribution is -1.94. The van der Waals surface area contributed by atoms with Crippen molar-refractivity contribution in [3.63, 3.8) is 0 Å². The van der Waals surface area contributed by atoms with Crippen LogP contribution in [0.25, 0.3) is 76.8 Å². The number of benzene rings is 6. The molecule has 42 heavy (non-hydrogen) atoms. The monoisotopic (exact) mass is 534 g/mol. The molecule has 2 heteroatoms. The fourth-order valence-electron chi connectivity index (χ4n) is 6.41. The predicted molar refractivity (Wildman–Crippen MR) is 176 cm³/mol. The van der Waals surface area contributed by atoms with Crippen molar-refractivity contribution in [1.82, 2.24) is 9.97 Å². The second-order valence-electron chi connectivity index (χ2n) is 10.6. The molecule has 8 rings (SSSR count). The topological polar surface area (TPSA) is 25.8 Å². The van der Waals surface area contributed by atoms with Crippen LogP contribution in [0.15, 0.2) is 158 Å². The zero-order valence-electron chi connectivity index (χ0n) is 22.9. The van der Waals surface area contributed by atoms with Crippen molar-refractivity contribution >= 4 is 32.3 Å². The van der Waals surface area contributed by atoms with Gasteiger partial charge in [0.2, 0.25) is 0 Å². The van der Waals surface area contributed by atoms with Crippen LogP contribution in [0.3, 0.4) is 0 Å². The molecule has 2 aromatic heterocycles. The van der Waals surface area contributed by atoms with Crippen LogP contribution in [0.5, 0.6) is 0 Å². The molecule has 196 valence electrons. The summed E-state index contributed by atoms with van der Waals surface area (Å²) >= 11 is 0. The van der Waals surface area contributed by atoms with Gasteiger partial charge < -0.3 is 0 Å². The summed E-state index contributed by atoms with van der Waals surface area (Å²) in [6.07, 6.45) is 7.48. The van der Waals surface area contributed by atoms with Gasteiger partial charge in [-0.05, 0) is 113 Å². The summed E-state index contributed by atoms with van der Waals surface area (Å²) in [6, 6.07) is 48.2. The maximum atomic E-state index is 4.28. The van der Waals surface area contributed by atoms with E-state index in [9.17, 15) is 0 Å². The Hall–Kier alpha value is -5.60. The van der Waals surface area contributed by atoms with E-state index in [1.165, 1.54) is 65.7 Å².